The number of aryl methyl sites for hydroxylation is 1. The van der Waals surface area contributed by atoms with Crippen LogP contribution >= 0.6 is 11.6 Å². The molecule has 3 rings (SSSR count). The molecule has 0 aliphatic carbocycles. The Morgan fingerprint density at radius 3 is 2.67 bits per heavy atom. The second kappa shape index (κ2) is 7.05. The normalized spacial score (nSPS) is 11.0. The van der Waals surface area contributed by atoms with Crippen LogP contribution in [0.2, 0.25) is 5.02 Å². The Morgan fingerprint density at radius 2 is 1.96 bits per heavy atom. The van der Waals surface area contributed by atoms with Crippen molar-refractivity contribution in [2.75, 3.05) is 6.54 Å². The van der Waals surface area contributed by atoms with E-state index in [2.05, 4.69) is 10.3 Å². The Hall–Kier alpha value is -2.33. The SMILES string of the molecule is CC(=O)NCCCc1c(-c2ccc(F)cc2)[nH]c2c(Cl)cccc12. The van der Waals surface area contributed by atoms with Crippen LogP contribution in [0.1, 0.15) is 18.9 Å². The predicted molar refractivity (Wildman–Crippen MR) is 95.7 cm³/mol. The molecule has 1 amide bonds. The van der Waals surface area contributed by atoms with Crippen molar-refractivity contribution in [3.8, 4) is 11.3 Å². The van der Waals surface area contributed by atoms with Crippen LogP contribution in [0.4, 0.5) is 4.39 Å². The van der Waals surface area contributed by atoms with Crippen molar-refractivity contribution >= 4 is 28.4 Å². The Labute approximate surface area is 144 Å². The zero-order valence-electron chi connectivity index (χ0n) is 13.3. The minimum atomic E-state index is -0.264. The van der Waals surface area contributed by atoms with Crippen molar-refractivity contribution in [2.24, 2.45) is 0 Å². The van der Waals surface area contributed by atoms with Gasteiger partial charge in [0.15, 0.2) is 0 Å². The maximum absolute atomic E-state index is 13.2. The summed E-state index contributed by atoms with van der Waals surface area (Å²) in [6, 6.07) is 12.2. The second-order valence-corrected chi connectivity index (χ2v) is 6.14. The lowest BCUT2D eigenvalue weighted by Crippen LogP contribution is -2.21. The van der Waals surface area contributed by atoms with Gasteiger partial charge < -0.3 is 10.3 Å². The predicted octanol–water partition coefficient (Wildman–Crippen LogP) is 4.70. The Kier molecular flexibility index (Phi) is 4.86. The lowest BCUT2D eigenvalue weighted by Gasteiger charge is -2.06. The van der Waals surface area contributed by atoms with E-state index in [0.29, 0.717) is 11.6 Å². The highest BCUT2D eigenvalue weighted by atomic mass is 35.5. The summed E-state index contributed by atoms with van der Waals surface area (Å²) in [5, 5.41) is 4.53. The van der Waals surface area contributed by atoms with E-state index in [1.54, 1.807) is 12.1 Å². The molecule has 0 radical (unpaired) electrons. The topological polar surface area (TPSA) is 44.9 Å². The highest BCUT2D eigenvalue weighted by Crippen LogP contribution is 2.34. The van der Waals surface area contributed by atoms with Gasteiger partial charge in [-0.2, -0.15) is 0 Å². The zero-order chi connectivity index (χ0) is 17.1. The minimum absolute atomic E-state index is 0.0317. The van der Waals surface area contributed by atoms with E-state index in [4.69, 9.17) is 11.6 Å². The largest absolute Gasteiger partial charge is 0.356 e. The number of aromatic amines is 1. The maximum atomic E-state index is 13.2. The Bertz CT molecular complexity index is 871. The van der Waals surface area contributed by atoms with E-state index in [1.807, 2.05) is 18.2 Å². The average Bonchev–Trinajstić information content (AvgIpc) is 2.92. The molecule has 0 spiro atoms. The number of amides is 1. The lowest BCUT2D eigenvalue weighted by molar-refractivity contribution is -0.118. The highest BCUT2D eigenvalue weighted by molar-refractivity contribution is 6.35. The number of para-hydroxylation sites is 1. The van der Waals surface area contributed by atoms with Crippen LogP contribution in [0.5, 0.6) is 0 Å². The van der Waals surface area contributed by atoms with Gasteiger partial charge in [0.25, 0.3) is 0 Å². The molecule has 0 saturated heterocycles. The third-order valence-electron chi connectivity index (χ3n) is 4.00. The van der Waals surface area contributed by atoms with E-state index in [0.717, 1.165) is 40.6 Å². The summed E-state index contributed by atoms with van der Waals surface area (Å²) in [5.74, 6) is -0.296. The lowest BCUT2D eigenvalue weighted by atomic mass is 10.0. The molecule has 0 atom stereocenters. The molecule has 3 nitrogen and oxygen atoms in total. The number of hydrogen-bond donors (Lipinski definition) is 2. The molecule has 24 heavy (non-hydrogen) atoms. The average molecular weight is 345 g/mol. The van der Waals surface area contributed by atoms with Gasteiger partial charge in [-0.15, -0.1) is 0 Å². The van der Waals surface area contributed by atoms with E-state index < -0.39 is 0 Å². The van der Waals surface area contributed by atoms with Gasteiger partial charge in [0.2, 0.25) is 5.91 Å². The summed E-state index contributed by atoms with van der Waals surface area (Å²) in [4.78, 5) is 14.4. The number of rotatable bonds is 5. The first-order chi connectivity index (χ1) is 11.6. The first-order valence-corrected chi connectivity index (χ1v) is 8.23. The van der Waals surface area contributed by atoms with Crippen LogP contribution in [-0.2, 0) is 11.2 Å². The number of carbonyl (C=O) groups is 1. The van der Waals surface area contributed by atoms with Crippen molar-refractivity contribution < 1.29 is 9.18 Å². The minimum Gasteiger partial charge on any atom is -0.356 e. The van der Waals surface area contributed by atoms with Gasteiger partial charge in [0.05, 0.1) is 10.5 Å². The molecule has 0 saturated carbocycles. The molecule has 0 bridgehead atoms. The number of nitrogens with one attached hydrogen (secondary N) is 2. The number of halogens is 2. The Morgan fingerprint density at radius 1 is 1.21 bits per heavy atom. The molecule has 2 aromatic carbocycles. The molecule has 0 aliphatic rings. The van der Waals surface area contributed by atoms with Gasteiger partial charge in [-0.05, 0) is 54.3 Å². The van der Waals surface area contributed by atoms with Crippen molar-refractivity contribution in [3.63, 3.8) is 0 Å². The Balaban J connectivity index is 2.00. The van der Waals surface area contributed by atoms with Crippen LogP contribution in [-0.4, -0.2) is 17.4 Å². The van der Waals surface area contributed by atoms with Crippen molar-refractivity contribution in [1.29, 1.82) is 0 Å². The van der Waals surface area contributed by atoms with Crippen LogP contribution in [0, 0.1) is 5.82 Å². The van der Waals surface area contributed by atoms with Gasteiger partial charge in [0.1, 0.15) is 5.82 Å². The fraction of sp³-hybridized carbons (Fsp3) is 0.211. The summed E-state index contributed by atoms with van der Waals surface area (Å²) in [6.45, 7) is 2.13. The van der Waals surface area contributed by atoms with Crippen LogP contribution in [0.3, 0.4) is 0 Å². The summed E-state index contributed by atoms with van der Waals surface area (Å²) >= 11 is 6.31. The molecule has 0 aliphatic heterocycles. The van der Waals surface area contributed by atoms with Gasteiger partial charge in [-0.1, -0.05) is 23.7 Å². The first-order valence-electron chi connectivity index (χ1n) is 7.85. The molecular formula is C19H18ClFN2O. The highest BCUT2D eigenvalue weighted by Gasteiger charge is 2.14. The molecule has 0 fully saturated rings. The van der Waals surface area contributed by atoms with E-state index in [9.17, 15) is 9.18 Å². The summed E-state index contributed by atoms with van der Waals surface area (Å²) < 4.78 is 13.2. The molecule has 3 aromatic rings. The number of aromatic nitrogens is 1. The number of benzene rings is 2. The first kappa shape index (κ1) is 16.5. The second-order valence-electron chi connectivity index (χ2n) is 5.73. The van der Waals surface area contributed by atoms with E-state index >= 15 is 0 Å². The number of H-pyrrole nitrogens is 1. The smallest absolute Gasteiger partial charge is 0.216 e. The third-order valence-corrected chi connectivity index (χ3v) is 4.32. The van der Waals surface area contributed by atoms with E-state index in [1.165, 1.54) is 19.1 Å². The summed E-state index contributed by atoms with van der Waals surface area (Å²) in [7, 11) is 0. The van der Waals surface area contributed by atoms with E-state index in [-0.39, 0.29) is 11.7 Å². The van der Waals surface area contributed by atoms with Gasteiger partial charge in [0, 0.05) is 24.5 Å². The molecular weight excluding hydrogens is 327 g/mol. The van der Waals surface area contributed by atoms with Gasteiger partial charge in [-0.25, -0.2) is 4.39 Å². The summed E-state index contributed by atoms with van der Waals surface area (Å²) in [6.07, 6.45) is 1.60. The zero-order valence-corrected chi connectivity index (χ0v) is 14.1. The van der Waals surface area contributed by atoms with Gasteiger partial charge >= 0.3 is 0 Å². The van der Waals surface area contributed by atoms with Crippen molar-refractivity contribution in [3.05, 3.63) is 58.9 Å². The number of fused-ring (bicyclic) bond motifs is 1. The van der Waals surface area contributed by atoms with Crippen LogP contribution in [0.15, 0.2) is 42.5 Å². The summed E-state index contributed by atoms with van der Waals surface area (Å²) in [5.41, 5.74) is 3.87. The standard InChI is InChI=1S/C19H18ClFN2O/c1-12(24)22-11-3-5-15-16-4-2-6-17(20)19(16)23-18(15)13-7-9-14(21)10-8-13/h2,4,6-10,23H,3,5,11H2,1H3,(H,22,24). The molecule has 1 aromatic heterocycles. The third kappa shape index (κ3) is 3.44. The molecule has 0 unspecified atom stereocenters. The van der Waals surface area contributed by atoms with Crippen molar-refractivity contribution in [1.82, 2.24) is 10.3 Å². The molecule has 5 heteroatoms. The quantitative estimate of drug-likeness (QED) is 0.648. The van der Waals surface area contributed by atoms with Crippen molar-refractivity contribution in [2.45, 2.75) is 19.8 Å². The molecule has 124 valence electrons. The molecule has 2 N–H and O–H groups in total. The number of carbonyl (C=O) groups excluding carboxylic acids is 1. The fourth-order valence-electron chi connectivity index (χ4n) is 2.89. The van der Waals surface area contributed by atoms with Crippen LogP contribution < -0.4 is 5.32 Å². The molecule has 1 heterocycles. The van der Waals surface area contributed by atoms with Crippen LogP contribution in [0.25, 0.3) is 22.2 Å². The maximum Gasteiger partial charge on any atom is 0.216 e. The number of hydrogen-bond acceptors (Lipinski definition) is 1. The van der Waals surface area contributed by atoms with Gasteiger partial charge in [-0.3, -0.25) is 4.79 Å². The monoisotopic (exact) mass is 344 g/mol. The fourth-order valence-corrected chi connectivity index (χ4v) is 3.11.